The van der Waals surface area contributed by atoms with E-state index in [4.69, 9.17) is 44.8 Å². The molecule has 1 aromatic carbocycles. The SMILES string of the molecule is N#Cc1ccc(N/N=C(\C(Cl)=C(Cl)Cl)N2CCOCC2)cc1. The molecule has 1 fully saturated rings. The van der Waals surface area contributed by atoms with E-state index in [0.717, 1.165) is 5.69 Å². The van der Waals surface area contributed by atoms with Gasteiger partial charge in [-0.3, -0.25) is 5.43 Å². The van der Waals surface area contributed by atoms with Gasteiger partial charge in [0.15, 0.2) is 5.84 Å². The minimum atomic E-state index is -0.0477. The Morgan fingerprint density at radius 3 is 2.36 bits per heavy atom. The zero-order chi connectivity index (χ0) is 15.9. The lowest BCUT2D eigenvalue weighted by molar-refractivity contribution is 0.0683. The van der Waals surface area contributed by atoms with Gasteiger partial charge in [0.2, 0.25) is 0 Å². The van der Waals surface area contributed by atoms with Crippen LogP contribution < -0.4 is 5.43 Å². The van der Waals surface area contributed by atoms with Crippen molar-refractivity contribution in [2.45, 2.75) is 0 Å². The molecule has 22 heavy (non-hydrogen) atoms. The average molecular weight is 360 g/mol. The number of ether oxygens (including phenoxy) is 1. The van der Waals surface area contributed by atoms with Crippen molar-refractivity contribution in [1.82, 2.24) is 4.90 Å². The molecule has 1 saturated heterocycles. The molecule has 0 bridgehead atoms. The van der Waals surface area contributed by atoms with Gasteiger partial charge in [0, 0.05) is 13.1 Å². The van der Waals surface area contributed by atoms with Crippen molar-refractivity contribution in [3.8, 4) is 6.07 Å². The molecular weight excluding hydrogens is 347 g/mol. The Morgan fingerprint density at radius 1 is 1.18 bits per heavy atom. The van der Waals surface area contributed by atoms with Gasteiger partial charge in [-0.1, -0.05) is 34.8 Å². The van der Waals surface area contributed by atoms with Crippen LogP contribution in [0.15, 0.2) is 38.9 Å². The summed E-state index contributed by atoms with van der Waals surface area (Å²) in [6, 6.07) is 8.94. The van der Waals surface area contributed by atoms with Crippen LogP contribution in [0.1, 0.15) is 5.56 Å². The first-order chi connectivity index (χ1) is 10.6. The highest BCUT2D eigenvalue weighted by atomic mass is 35.5. The summed E-state index contributed by atoms with van der Waals surface area (Å²) in [6.45, 7) is 2.45. The number of hydrogen-bond acceptors (Lipinski definition) is 4. The molecule has 2 rings (SSSR count). The number of anilines is 1. The molecule has 1 aromatic rings. The fourth-order valence-electron chi connectivity index (χ4n) is 1.86. The molecular formula is C14H13Cl3N4O. The van der Waals surface area contributed by atoms with Gasteiger partial charge in [-0.15, -0.1) is 0 Å². The van der Waals surface area contributed by atoms with Crippen LogP contribution in [-0.2, 0) is 4.74 Å². The number of nitrogens with one attached hydrogen (secondary N) is 1. The maximum atomic E-state index is 8.78. The van der Waals surface area contributed by atoms with Crippen molar-refractivity contribution in [2.75, 3.05) is 31.7 Å². The van der Waals surface area contributed by atoms with Gasteiger partial charge >= 0.3 is 0 Å². The highest BCUT2D eigenvalue weighted by Gasteiger charge is 2.20. The summed E-state index contributed by atoms with van der Waals surface area (Å²) in [5.41, 5.74) is 4.19. The minimum absolute atomic E-state index is 0.0477. The van der Waals surface area contributed by atoms with Crippen molar-refractivity contribution in [3.05, 3.63) is 39.4 Å². The van der Waals surface area contributed by atoms with E-state index in [1.54, 1.807) is 24.3 Å². The lowest BCUT2D eigenvalue weighted by atomic mass is 10.2. The first kappa shape index (κ1) is 16.9. The number of rotatable bonds is 3. The third kappa shape index (κ3) is 4.52. The summed E-state index contributed by atoms with van der Waals surface area (Å²) < 4.78 is 5.26. The van der Waals surface area contributed by atoms with Crippen molar-refractivity contribution >= 4 is 46.3 Å². The Kier molecular flexibility index (Phi) is 6.34. The number of benzene rings is 1. The second-order valence-electron chi connectivity index (χ2n) is 4.41. The lowest BCUT2D eigenvalue weighted by Crippen LogP contribution is -2.41. The smallest absolute Gasteiger partial charge is 0.170 e. The van der Waals surface area contributed by atoms with Crippen LogP contribution in [0.4, 0.5) is 5.69 Å². The third-order valence-electron chi connectivity index (χ3n) is 2.98. The van der Waals surface area contributed by atoms with Gasteiger partial charge in [-0.25, -0.2) is 0 Å². The van der Waals surface area contributed by atoms with Crippen molar-refractivity contribution < 1.29 is 4.74 Å². The molecule has 116 valence electrons. The monoisotopic (exact) mass is 358 g/mol. The zero-order valence-electron chi connectivity index (χ0n) is 11.5. The molecule has 0 spiro atoms. The highest BCUT2D eigenvalue weighted by Crippen LogP contribution is 2.22. The van der Waals surface area contributed by atoms with Crippen molar-refractivity contribution in [3.63, 3.8) is 0 Å². The van der Waals surface area contributed by atoms with Gasteiger partial charge in [-0.05, 0) is 24.3 Å². The highest BCUT2D eigenvalue weighted by molar-refractivity contribution is 6.62. The molecule has 5 nitrogen and oxygen atoms in total. The summed E-state index contributed by atoms with van der Waals surface area (Å²) in [6.07, 6.45) is 0. The molecule has 8 heteroatoms. The van der Waals surface area contributed by atoms with E-state index in [1.165, 1.54) is 0 Å². The first-order valence-electron chi connectivity index (χ1n) is 6.49. The van der Waals surface area contributed by atoms with Gasteiger partial charge in [0.1, 0.15) is 9.52 Å². The summed E-state index contributed by atoms with van der Waals surface area (Å²) in [5.74, 6) is 0.453. The van der Waals surface area contributed by atoms with Crippen LogP contribution in [0.2, 0.25) is 0 Å². The Hall–Kier alpha value is -1.45. The first-order valence-corrected chi connectivity index (χ1v) is 7.63. The molecule has 1 heterocycles. The number of amidine groups is 1. The van der Waals surface area contributed by atoms with Crippen LogP contribution in [-0.4, -0.2) is 37.0 Å². The molecule has 0 aliphatic carbocycles. The Morgan fingerprint density at radius 2 is 1.82 bits per heavy atom. The standard InChI is InChI=1S/C14H13Cl3N4O/c15-12(13(16)17)14(21-5-7-22-8-6-21)20-19-11-3-1-10(9-18)2-4-11/h1-4,19H,5-8H2/b20-14+. The number of nitrogens with zero attached hydrogens (tertiary/aromatic N) is 3. The predicted octanol–water partition coefficient (Wildman–Crippen LogP) is 3.50. The van der Waals surface area contributed by atoms with Crippen LogP contribution in [0.3, 0.4) is 0 Å². The molecule has 1 N–H and O–H groups in total. The Balaban J connectivity index is 2.19. The largest absolute Gasteiger partial charge is 0.378 e. The normalized spacial score (nSPS) is 15.2. The van der Waals surface area contributed by atoms with Crippen LogP contribution in [0.25, 0.3) is 0 Å². The molecule has 1 aliphatic heterocycles. The quantitative estimate of drug-likeness (QED) is 0.510. The maximum absolute atomic E-state index is 8.78. The molecule has 0 atom stereocenters. The fraction of sp³-hybridized carbons (Fsp3) is 0.286. The minimum Gasteiger partial charge on any atom is -0.378 e. The third-order valence-corrected chi connectivity index (χ3v) is 3.91. The predicted molar refractivity (Wildman–Crippen MR) is 89.2 cm³/mol. The molecule has 0 unspecified atom stereocenters. The number of nitriles is 1. The van der Waals surface area contributed by atoms with Gasteiger partial charge in [0.25, 0.3) is 0 Å². The van der Waals surface area contributed by atoms with Crippen LogP contribution >= 0.6 is 34.8 Å². The Bertz CT molecular complexity index is 612. The van der Waals surface area contributed by atoms with Gasteiger partial charge in [-0.2, -0.15) is 10.4 Å². The van der Waals surface area contributed by atoms with Crippen LogP contribution in [0, 0.1) is 11.3 Å². The second-order valence-corrected chi connectivity index (χ2v) is 5.74. The molecule has 0 amide bonds. The second kappa shape index (κ2) is 8.25. The number of hydrazone groups is 1. The van der Waals surface area contributed by atoms with Crippen LogP contribution in [0.5, 0.6) is 0 Å². The summed E-state index contributed by atoms with van der Waals surface area (Å²) in [7, 11) is 0. The Labute approximate surface area is 143 Å². The fourth-order valence-corrected chi connectivity index (χ4v) is 2.19. The number of morpholine rings is 1. The molecule has 0 radical (unpaired) electrons. The van der Waals surface area contributed by atoms with E-state index in [2.05, 4.69) is 16.6 Å². The summed E-state index contributed by atoms with van der Waals surface area (Å²) >= 11 is 17.7. The van der Waals surface area contributed by atoms with Crippen molar-refractivity contribution in [2.24, 2.45) is 5.10 Å². The summed E-state index contributed by atoms with van der Waals surface area (Å²) in [4.78, 5) is 1.94. The number of hydrogen-bond donors (Lipinski definition) is 1. The maximum Gasteiger partial charge on any atom is 0.170 e. The number of halogens is 3. The van der Waals surface area contributed by atoms with E-state index in [-0.39, 0.29) is 9.52 Å². The van der Waals surface area contributed by atoms with Crippen molar-refractivity contribution in [1.29, 1.82) is 5.26 Å². The van der Waals surface area contributed by atoms with E-state index in [9.17, 15) is 0 Å². The van der Waals surface area contributed by atoms with E-state index in [1.807, 2.05) is 4.90 Å². The summed E-state index contributed by atoms with van der Waals surface area (Å²) in [5, 5.41) is 13.2. The average Bonchev–Trinajstić information content (AvgIpc) is 2.56. The van der Waals surface area contributed by atoms with E-state index < -0.39 is 0 Å². The topological polar surface area (TPSA) is 60.7 Å². The zero-order valence-corrected chi connectivity index (χ0v) is 13.8. The van der Waals surface area contributed by atoms with Gasteiger partial charge < -0.3 is 9.64 Å². The molecule has 0 saturated carbocycles. The van der Waals surface area contributed by atoms with E-state index in [0.29, 0.717) is 37.7 Å². The van der Waals surface area contributed by atoms with E-state index >= 15 is 0 Å². The lowest BCUT2D eigenvalue weighted by Gasteiger charge is -2.29. The molecule has 1 aliphatic rings. The molecule has 0 aromatic heterocycles. The van der Waals surface area contributed by atoms with Gasteiger partial charge in [0.05, 0.1) is 30.5 Å².